The van der Waals surface area contributed by atoms with Gasteiger partial charge in [-0.15, -0.1) is 0 Å². The average molecular weight is 349 g/mol. The van der Waals surface area contributed by atoms with Gasteiger partial charge in [0.2, 0.25) is 0 Å². The van der Waals surface area contributed by atoms with Gasteiger partial charge >= 0.3 is 8.05 Å². The number of allylic oxidation sites excluding steroid dienone is 10. The molecule has 26 heavy (non-hydrogen) atoms. The zero-order chi connectivity index (χ0) is 19.9. The molecule has 2 nitrogen and oxygen atoms in total. The highest BCUT2D eigenvalue weighted by atomic mass is 16.4. The van der Waals surface area contributed by atoms with E-state index in [0.29, 0.717) is 5.75 Å². The number of aryl methyl sites for hydroxylation is 1. The minimum Gasteiger partial charge on any atom is -0.567 e. The monoisotopic (exact) mass is 349 g/mol. The molecular formula is C23H32BNO. The van der Waals surface area contributed by atoms with Gasteiger partial charge in [-0.25, -0.2) is 0 Å². The van der Waals surface area contributed by atoms with Crippen LogP contribution in [0.4, 0.5) is 0 Å². The van der Waals surface area contributed by atoms with Gasteiger partial charge in [-0.1, -0.05) is 74.6 Å². The molecule has 0 N–H and O–H groups in total. The molecule has 0 aliphatic rings. The van der Waals surface area contributed by atoms with Crippen LogP contribution in [-0.2, 0) is 7.05 Å². The van der Waals surface area contributed by atoms with E-state index in [9.17, 15) is 0 Å². The highest BCUT2D eigenvalue weighted by Crippen LogP contribution is 2.14. The van der Waals surface area contributed by atoms with E-state index in [1.54, 1.807) is 12.3 Å². The SMILES string of the molecule is C=C(/C=C\C(=C)C(/C=C\C)=C/C=C(\C)CC)CC.[B]Oc1ccn(C)c1. The largest absolute Gasteiger partial charge is 0.567 e. The fraction of sp³-hybridized carbons (Fsp3) is 0.304. The molecule has 0 saturated carbocycles. The lowest BCUT2D eigenvalue weighted by Crippen LogP contribution is -1.82. The Bertz CT molecular complexity index is 687. The topological polar surface area (TPSA) is 14.2 Å². The van der Waals surface area contributed by atoms with Crippen molar-refractivity contribution in [3.05, 3.63) is 90.4 Å². The van der Waals surface area contributed by atoms with Gasteiger partial charge in [0, 0.05) is 19.4 Å². The van der Waals surface area contributed by atoms with Crippen LogP contribution in [-0.4, -0.2) is 12.6 Å². The molecule has 0 unspecified atom stereocenters. The van der Waals surface area contributed by atoms with Crippen LogP contribution in [0.15, 0.2) is 90.4 Å². The van der Waals surface area contributed by atoms with Crippen molar-refractivity contribution >= 4 is 8.05 Å². The second-order valence-corrected chi connectivity index (χ2v) is 5.99. The fourth-order valence-electron chi connectivity index (χ4n) is 1.78. The molecule has 0 aromatic carbocycles. The van der Waals surface area contributed by atoms with Gasteiger partial charge in [-0.3, -0.25) is 0 Å². The van der Waals surface area contributed by atoms with E-state index in [1.807, 2.05) is 43.0 Å². The van der Waals surface area contributed by atoms with Crippen molar-refractivity contribution < 1.29 is 4.65 Å². The summed E-state index contributed by atoms with van der Waals surface area (Å²) < 4.78 is 6.28. The van der Waals surface area contributed by atoms with E-state index < -0.39 is 0 Å². The van der Waals surface area contributed by atoms with Gasteiger partial charge in [-0.2, -0.15) is 0 Å². The summed E-state index contributed by atoms with van der Waals surface area (Å²) in [6.45, 7) is 16.5. The van der Waals surface area contributed by atoms with Gasteiger partial charge in [-0.05, 0) is 43.9 Å². The predicted octanol–water partition coefficient (Wildman–Crippen LogP) is 6.41. The van der Waals surface area contributed by atoms with Crippen molar-refractivity contribution in [1.82, 2.24) is 4.57 Å². The normalized spacial score (nSPS) is 12.2. The zero-order valence-electron chi connectivity index (χ0n) is 17.0. The Morgan fingerprint density at radius 2 is 1.85 bits per heavy atom. The number of nitrogens with zero attached hydrogens (tertiary/aromatic N) is 1. The third kappa shape index (κ3) is 10.4. The first-order valence-corrected chi connectivity index (χ1v) is 8.91. The van der Waals surface area contributed by atoms with Crippen LogP contribution in [0.1, 0.15) is 40.5 Å². The molecule has 3 heteroatoms. The summed E-state index contributed by atoms with van der Waals surface area (Å²) in [4.78, 5) is 0. The summed E-state index contributed by atoms with van der Waals surface area (Å²) in [6.07, 6.45) is 18.2. The number of hydrogen-bond donors (Lipinski definition) is 0. The van der Waals surface area contributed by atoms with Crippen molar-refractivity contribution in [2.75, 3.05) is 0 Å². The van der Waals surface area contributed by atoms with E-state index in [4.69, 9.17) is 8.05 Å². The molecule has 1 aromatic heterocycles. The number of rotatable bonds is 8. The van der Waals surface area contributed by atoms with Crippen molar-refractivity contribution in [3.63, 3.8) is 0 Å². The van der Waals surface area contributed by atoms with E-state index in [1.165, 1.54) is 5.57 Å². The molecular weight excluding hydrogens is 317 g/mol. The Kier molecular flexibility index (Phi) is 12.5. The first-order valence-electron chi connectivity index (χ1n) is 8.91. The lowest BCUT2D eigenvalue weighted by atomic mass is 10.0. The second kappa shape index (κ2) is 13.8. The Hall–Kier alpha value is -2.42. The Labute approximate surface area is 161 Å². The minimum absolute atomic E-state index is 0.688. The lowest BCUT2D eigenvalue weighted by molar-refractivity contribution is 0.614. The predicted molar refractivity (Wildman–Crippen MR) is 116 cm³/mol. The number of aromatic nitrogens is 1. The van der Waals surface area contributed by atoms with Crippen molar-refractivity contribution in [3.8, 4) is 5.75 Å². The summed E-state index contributed by atoms with van der Waals surface area (Å²) in [5, 5.41) is 0. The molecule has 0 amide bonds. The maximum atomic E-state index is 4.85. The summed E-state index contributed by atoms with van der Waals surface area (Å²) in [5.74, 6) is 0.688. The maximum absolute atomic E-state index is 4.85. The Morgan fingerprint density at radius 1 is 1.15 bits per heavy atom. The zero-order valence-corrected chi connectivity index (χ0v) is 17.0. The lowest BCUT2D eigenvalue weighted by Gasteiger charge is -2.02. The Morgan fingerprint density at radius 3 is 2.27 bits per heavy atom. The first-order chi connectivity index (χ1) is 12.4. The van der Waals surface area contributed by atoms with Crippen molar-refractivity contribution in [2.24, 2.45) is 7.05 Å². The van der Waals surface area contributed by atoms with Crippen LogP contribution in [0, 0.1) is 0 Å². The van der Waals surface area contributed by atoms with Crippen molar-refractivity contribution in [1.29, 1.82) is 0 Å². The third-order valence-corrected chi connectivity index (χ3v) is 3.74. The van der Waals surface area contributed by atoms with E-state index in [0.717, 1.165) is 29.6 Å². The molecule has 1 aromatic rings. The van der Waals surface area contributed by atoms with Crippen LogP contribution in [0.5, 0.6) is 5.75 Å². The average Bonchev–Trinajstić information content (AvgIpc) is 3.08. The minimum atomic E-state index is 0.688. The van der Waals surface area contributed by atoms with E-state index >= 15 is 0 Å². The molecule has 1 heterocycles. The van der Waals surface area contributed by atoms with Gasteiger partial charge < -0.3 is 9.22 Å². The molecule has 0 spiro atoms. The molecule has 0 aliphatic heterocycles. The van der Waals surface area contributed by atoms with Crippen LogP contribution in [0.2, 0.25) is 0 Å². The molecule has 0 fully saturated rings. The maximum Gasteiger partial charge on any atom is 0.374 e. The molecule has 0 saturated heterocycles. The molecule has 0 aliphatic carbocycles. The van der Waals surface area contributed by atoms with Gasteiger partial charge in [0.05, 0.1) is 0 Å². The number of hydrogen-bond acceptors (Lipinski definition) is 1. The second-order valence-electron chi connectivity index (χ2n) is 5.99. The summed E-state index contributed by atoms with van der Waals surface area (Å²) in [6, 6.07) is 1.79. The summed E-state index contributed by atoms with van der Waals surface area (Å²) in [5.41, 5.74) is 4.65. The fourth-order valence-corrected chi connectivity index (χ4v) is 1.78. The summed E-state index contributed by atoms with van der Waals surface area (Å²) in [7, 11) is 6.76. The van der Waals surface area contributed by atoms with Gasteiger partial charge in [0.15, 0.2) is 0 Å². The molecule has 0 atom stereocenters. The summed E-state index contributed by atoms with van der Waals surface area (Å²) >= 11 is 0. The quantitative estimate of drug-likeness (QED) is 0.391. The van der Waals surface area contributed by atoms with Crippen LogP contribution in [0.3, 0.4) is 0 Å². The molecule has 2 radical (unpaired) electrons. The van der Waals surface area contributed by atoms with Gasteiger partial charge in [0.1, 0.15) is 5.75 Å². The van der Waals surface area contributed by atoms with E-state index in [-0.39, 0.29) is 0 Å². The van der Waals surface area contributed by atoms with Gasteiger partial charge in [0.25, 0.3) is 0 Å². The van der Waals surface area contributed by atoms with Crippen LogP contribution >= 0.6 is 0 Å². The third-order valence-electron chi connectivity index (χ3n) is 3.74. The smallest absolute Gasteiger partial charge is 0.374 e. The Balaban J connectivity index is 0.000000642. The highest BCUT2D eigenvalue weighted by molar-refractivity contribution is 5.99. The van der Waals surface area contributed by atoms with Crippen molar-refractivity contribution in [2.45, 2.75) is 40.5 Å². The van der Waals surface area contributed by atoms with E-state index in [2.05, 4.69) is 56.8 Å². The molecule has 1 rings (SSSR count). The van der Waals surface area contributed by atoms with Crippen LogP contribution in [0.25, 0.3) is 0 Å². The molecule has 0 bridgehead atoms. The first kappa shape index (κ1) is 23.6. The standard InChI is InChI=1S/C18H26.C5H6BNO/c1-7-10-18(14-12-16(5)9-3)17(6)13-11-15(4)8-2;1-7-3-2-5(4-7)8-6/h7,10-14H,4,6,8-9H2,1-3,5H3;2-4H,1H3/b10-7-,13-11-,16-12+,18-14+;. The highest BCUT2D eigenvalue weighted by Gasteiger charge is 1.94. The van der Waals surface area contributed by atoms with Crippen LogP contribution < -0.4 is 4.65 Å². The molecule has 138 valence electrons.